The van der Waals surface area contributed by atoms with Crippen molar-refractivity contribution in [3.63, 3.8) is 0 Å². The average molecular weight is 360 g/mol. The van der Waals surface area contributed by atoms with Gasteiger partial charge in [0.15, 0.2) is 0 Å². The SMILES string of the molecule is O=C(Cc1cccc(F)c1Br)Cc1c(F)cccc1Cl. The van der Waals surface area contributed by atoms with Crippen LogP contribution in [0.15, 0.2) is 40.9 Å². The van der Waals surface area contributed by atoms with E-state index in [1.165, 1.54) is 30.3 Å². The molecule has 104 valence electrons. The van der Waals surface area contributed by atoms with Crippen molar-refractivity contribution < 1.29 is 13.6 Å². The Labute approximate surface area is 128 Å². The van der Waals surface area contributed by atoms with Gasteiger partial charge in [0.25, 0.3) is 0 Å². The van der Waals surface area contributed by atoms with Gasteiger partial charge in [-0.15, -0.1) is 0 Å². The van der Waals surface area contributed by atoms with Crippen LogP contribution in [0, 0.1) is 11.6 Å². The Hall–Kier alpha value is -1.26. The van der Waals surface area contributed by atoms with Crippen LogP contribution in [-0.4, -0.2) is 5.78 Å². The van der Waals surface area contributed by atoms with Gasteiger partial charge >= 0.3 is 0 Å². The molecule has 0 atom stereocenters. The van der Waals surface area contributed by atoms with Gasteiger partial charge in [0, 0.05) is 23.4 Å². The maximum Gasteiger partial charge on any atom is 0.141 e. The van der Waals surface area contributed by atoms with Gasteiger partial charge in [0.1, 0.15) is 17.4 Å². The summed E-state index contributed by atoms with van der Waals surface area (Å²) in [4.78, 5) is 12.0. The van der Waals surface area contributed by atoms with Gasteiger partial charge in [-0.25, -0.2) is 8.78 Å². The standard InChI is InChI=1S/C15H10BrClF2O/c16-15-9(3-1-6-14(15)19)7-10(20)8-11-12(17)4-2-5-13(11)18/h1-6H,7-8H2. The Bertz CT molecular complexity index is 638. The Morgan fingerprint density at radius 2 is 1.70 bits per heavy atom. The van der Waals surface area contributed by atoms with Crippen LogP contribution in [0.1, 0.15) is 11.1 Å². The van der Waals surface area contributed by atoms with Crippen LogP contribution in [-0.2, 0) is 17.6 Å². The number of Topliss-reactive ketones (excluding diaryl/α,β-unsaturated/α-hetero) is 1. The minimum atomic E-state index is -0.510. The van der Waals surface area contributed by atoms with E-state index in [0.717, 1.165) is 0 Å². The lowest BCUT2D eigenvalue weighted by Crippen LogP contribution is -2.09. The lowest BCUT2D eigenvalue weighted by Gasteiger charge is -2.07. The fourth-order valence-electron chi connectivity index (χ4n) is 1.86. The predicted molar refractivity (Wildman–Crippen MR) is 77.9 cm³/mol. The topological polar surface area (TPSA) is 17.1 Å². The van der Waals surface area contributed by atoms with Crippen molar-refractivity contribution in [2.75, 3.05) is 0 Å². The second kappa shape index (κ2) is 6.46. The third kappa shape index (κ3) is 3.44. The highest BCUT2D eigenvalue weighted by Gasteiger charge is 2.14. The summed E-state index contributed by atoms with van der Waals surface area (Å²) in [6.07, 6.45) is -0.0997. The number of carbonyl (C=O) groups is 1. The van der Waals surface area contributed by atoms with E-state index in [-0.39, 0.29) is 33.7 Å². The molecular formula is C15H10BrClF2O. The van der Waals surface area contributed by atoms with Gasteiger partial charge in [-0.3, -0.25) is 4.79 Å². The van der Waals surface area contributed by atoms with Gasteiger partial charge < -0.3 is 0 Å². The Balaban J connectivity index is 2.16. The van der Waals surface area contributed by atoms with Crippen LogP contribution in [0.2, 0.25) is 5.02 Å². The molecule has 2 rings (SSSR count). The molecule has 0 unspecified atom stereocenters. The zero-order valence-electron chi connectivity index (χ0n) is 10.3. The summed E-state index contributed by atoms with van der Waals surface area (Å²) < 4.78 is 27.2. The molecule has 0 saturated carbocycles. The van der Waals surface area contributed by atoms with Crippen LogP contribution in [0.5, 0.6) is 0 Å². The first-order chi connectivity index (χ1) is 9.49. The van der Waals surface area contributed by atoms with E-state index in [4.69, 9.17) is 11.6 Å². The first-order valence-electron chi connectivity index (χ1n) is 5.86. The van der Waals surface area contributed by atoms with E-state index in [0.29, 0.717) is 5.56 Å². The van der Waals surface area contributed by atoms with Crippen molar-refractivity contribution in [1.29, 1.82) is 0 Å². The maximum absolute atomic E-state index is 13.6. The second-order valence-electron chi connectivity index (χ2n) is 4.31. The number of hydrogen-bond donors (Lipinski definition) is 0. The molecule has 0 aliphatic carbocycles. The Morgan fingerprint density at radius 1 is 1.05 bits per heavy atom. The minimum absolute atomic E-state index is 0.0169. The Kier molecular flexibility index (Phi) is 4.89. The molecule has 0 heterocycles. The molecule has 0 aromatic heterocycles. The number of benzene rings is 2. The van der Waals surface area contributed by atoms with Gasteiger partial charge in [-0.1, -0.05) is 29.8 Å². The first-order valence-corrected chi connectivity index (χ1v) is 7.03. The molecule has 0 aliphatic heterocycles. The number of hydrogen-bond acceptors (Lipinski definition) is 1. The van der Waals surface area contributed by atoms with Crippen LogP contribution in [0.4, 0.5) is 8.78 Å². The normalized spacial score (nSPS) is 10.6. The summed E-state index contributed by atoms with van der Waals surface area (Å²) in [7, 11) is 0. The number of rotatable bonds is 4. The van der Waals surface area contributed by atoms with Gasteiger partial charge in [0.05, 0.1) is 4.47 Å². The van der Waals surface area contributed by atoms with Crippen molar-refractivity contribution in [3.05, 3.63) is 68.7 Å². The maximum atomic E-state index is 13.6. The zero-order valence-corrected chi connectivity index (χ0v) is 12.6. The molecule has 2 aromatic carbocycles. The summed E-state index contributed by atoms with van der Waals surface area (Å²) in [6.45, 7) is 0. The zero-order chi connectivity index (χ0) is 14.7. The lowest BCUT2D eigenvalue weighted by molar-refractivity contribution is -0.117. The molecular weight excluding hydrogens is 350 g/mol. The smallest absolute Gasteiger partial charge is 0.141 e. The quantitative estimate of drug-likeness (QED) is 0.771. The summed E-state index contributed by atoms with van der Waals surface area (Å²) in [6, 6.07) is 8.74. The van der Waals surface area contributed by atoms with Gasteiger partial charge in [0.2, 0.25) is 0 Å². The van der Waals surface area contributed by atoms with Crippen molar-refractivity contribution in [3.8, 4) is 0 Å². The van der Waals surface area contributed by atoms with Crippen molar-refractivity contribution in [2.45, 2.75) is 12.8 Å². The van der Waals surface area contributed by atoms with Gasteiger partial charge in [-0.2, -0.15) is 0 Å². The summed E-state index contributed by atoms with van der Waals surface area (Å²) in [5, 5.41) is 0.219. The molecule has 20 heavy (non-hydrogen) atoms. The van der Waals surface area contributed by atoms with E-state index in [1.54, 1.807) is 6.07 Å². The van der Waals surface area contributed by atoms with E-state index in [2.05, 4.69) is 15.9 Å². The monoisotopic (exact) mass is 358 g/mol. The van der Waals surface area contributed by atoms with E-state index >= 15 is 0 Å². The molecule has 5 heteroatoms. The van der Waals surface area contributed by atoms with Crippen LogP contribution in [0.3, 0.4) is 0 Å². The molecule has 0 aliphatic rings. The van der Waals surface area contributed by atoms with E-state index < -0.39 is 11.6 Å². The highest BCUT2D eigenvalue weighted by atomic mass is 79.9. The van der Waals surface area contributed by atoms with Crippen molar-refractivity contribution >= 4 is 33.3 Å². The van der Waals surface area contributed by atoms with Crippen LogP contribution in [0.25, 0.3) is 0 Å². The molecule has 2 aromatic rings. The third-order valence-corrected chi connectivity index (χ3v) is 4.10. The molecule has 0 N–H and O–H groups in total. The lowest BCUT2D eigenvalue weighted by atomic mass is 10.0. The van der Waals surface area contributed by atoms with E-state index in [1.807, 2.05) is 0 Å². The first kappa shape index (κ1) is 15.1. The molecule has 1 nitrogen and oxygen atoms in total. The van der Waals surface area contributed by atoms with Gasteiger partial charge in [-0.05, 0) is 39.7 Å². The second-order valence-corrected chi connectivity index (χ2v) is 5.51. The fraction of sp³-hybridized carbons (Fsp3) is 0.133. The summed E-state index contributed by atoms with van der Waals surface area (Å²) in [5.41, 5.74) is 0.703. The molecule has 0 radical (unpaired) electrons. The van der Waals surface area contributed by atoms with Crippen LogP contribution < -0.4 is 0 Å². The predicted octanol–water partition coefficient (Wildman–Crippen LogP) is 4.74. The minimum Gasteiger partial charge on any atom is -0.299 e. The van der Waals surface area contributed by atoms with Crippen molar-refractivity contribution in [2.24, 2.45) is 0 Å². The summed E-state index contributed by atoms with van der Waals surface area (Å²) in [5.74, 6) is -1.17. The largest absolute Gasteiger partial charge is 0.299 e. The Morgan fingerprint density at radius 3 is 2.40 bits per heavy atom. The number of halogens is 4. The molecule has 0 saturated heterocycles. The summed E-state index contributed by atoms with van der Waals surface area (Å²) >= 11 is 8.97. The molecule has 0 fully saturated rings. The number of ketones is 1. The molecule has 0 spiro atoms. The molecule has 0 amide bonds. The highest BCUT2D eigenvalue weighted by Crippen LogP contribution is 2.23. The van der Waals surface area contributed by atoms with Crippen LogP contribution >= 0.6 is 27.5 Å². The highest BCUT2D eigenvalue weighted by molar-refractivity contribution is 9.10. The molecule has 0 bridgehead atoms. The fourth-order valence-corrected chi connectivity index (χ4v) is 2.49. The number of carbonyl (C=O) groups excluding carboxylic acids is 1. The van der Waals surface area contributed by atoms with Crippen molar-refractivity contribution in [1.82, 2.24) is 0 Å². The van der Waals surface area contributed by atoms with E-state index in [9.17, 15) is 13.6 Å². The third-order valence-electron chi connectivity index (χ3n) is 2.85. The average Bonchev–Trinajstić information content (AvgIpc) is 2.39.